The molecule has 1 aromatic rings. The van der Waals surface area contributed by atoms with Crippen LogP contribution in [0.25, 0.3) is 0 Å². The van der Waals surface area contributed by atoms with Gasteiger partial charge in [-0.15, -0.1) is 0 Å². The van der Waals surface area contributed by atoms with Gasteiger partial charge in [-0.25, -0.2) is 0 Å². The van der Waals surface area contributed by atoms with E-state index in [0.717, 1.165) is 6.54 Å². The molecule has 0 bridgehead atoms. The van der Waals surface area contributed by atoms with Crippen LogP contribution in [0.3, 0.4) is 0 Å². The summed E-state index contributed by atoms with van der Waals surface area (Å²) in [4.78, 5) is 3.99. The molecule has 1 N–H and O–H groups in total. The second-order valence-corrected chi connectivity index (χ2v) is 7.78. The van der Waals surface area contributed by atoms with Crippen LogP contribution in [0.5, 0.6) is 0 Å². The topological polar surface area (TPSA) is 15.3 Å². The molecule has 23 heavy (non-hydrogen) atoms. The van der Waals surface area contributed by atoms with Gasteiger partial charge >= 0.3 is 0 Å². The number of anilines is 1. The predicted octanol–water partition coefficient (Wildman–Crippen LogP) is 5.90. The van der Waals surface area contributed by atoms with Gasteiger partial charge in [0.05, 0.1) is 5.69 Å². The fraction of sp³-hybridized carbons (Fsp3) is 0.600. The monoisotopic (exact) mass is 330 g/mol. The van der Waals surface area contributed by atoms with Crippen LogP contribution in [0.15, 0.2) is 40.9 Å². The van der Waals surface area contributed by atoms with E-state index in [9.17, 15) is 0 Å². The van der Waals surface area contributed by atoms with E-state index in [1.165, 1.54) is 61.9 Å². The van der Waals surface area contributed by atoms with E-state index in [-0.39, 0.29) is 5.54 Å². The Morgan fingerprint density at radius 1 is 1.22 bits per heavy atom. The molecule has 2 aliphatic rings. The highest BCUT2D eigenvalue weighted by Crippen LogP contribution is 2.40. The maximum atomic E-state index is 3.85. The number of nitrogens with zero attached hydrogens (tertiary/aromatic N) is 1. The second kappa shape index (κ2) is 7.76. The van der Waals surface area contributed by atoms with Gasteiger partial charge in [0.25, 0.3) is 0 Å². The maximum Gasteiger partial charge on any atom is 0.0560 e. The average molecular weight is 331 g/mol. The van der Waals surface area contributed by atoms with Gasteiger partial charge in [-0.1, -0.05) is 44.9 Å². The molecule has 0 saturated carbocycles. The Bertz CT molecular complexity index is 554. The van der Waals surface area contributed by atoms with Crippen LogP contribution in [-0.2, 0) is 0 Å². The van der Waals surface area contributed by atoms with E-state index in [4.69, 9.17) is 0 Å². The minimum Gasteiger partial charge on any atom is -0.343 e. The minimum atomic E-state index is 0.206. The van der Waals surface area contributed by atoms with Crippen molar-refractivity contribution in [1.82, 2.24) is 4.72 Å². The lowest BCUT2D eigenvalue weighted by molar-refractivity contribution is 0.347. The van der Waals surface area contributed by atoms with E-state index in [1.807, 2.05) is 11.9 Å². The molecule has 2 nitrogen and oxygen atoms in total. The summed E-state index contributed by atoms with van der Waals surface area (Å²) in [6.07, 6.45) is 12.6. The summed E-state index contributed by atoms with van der Waals surface area (Å²) in [7, 11) is 0. The normalized spacial score (nSPS) is 24.8. The van der Waals surface area contributed by atoms with Crippen LogP contribution >= 0.6 is 11.9 Å². The van der Waals surface area contributed by atoms with E-state index in [2.05, 4.69) is 53.8 Å². The third-order valence-corrected chi connectivity index (χ3v) is 6.39. The van der Waals surface area contributed by atoms with Crippen LogP contribution < -0.4 is 9.62 Å². The SMILES string of the molecule is CCCC[C@@]1(CC)CN(C2=CCCCC2)c2ccccc2SN1. The van der Waals surface area contributed by atoms with Crippen LogP contribution in [-0.4, -0.2) is 12.1 Å². The van der Waals surface area contributed by atoms with Crippen LogP contribution in [0.1, 0.15) is 65.2 Å². The zero-order valence-electron chi connectivity index (χ0n) is 14.6. The highest BCUT2D eigenvalue weighted by molar-refractivity contribution is 7.97. The van der Waals surface area contributed by atoms with Crippen molar-refractivity contribution in [2.75, 3.05) is 11.4 Å². The molecule has 1 aliphatic heterocycles. The first-order valence-electron chi connectivity index (χ1n) is 9.27. The number of nitrogens with one attached hydrogen (secondary N) is 1. The molecule has 3 heteroatoms. The van der Waals surface area contributed by atoms with Gasteiger partial charge in [0.1, 0.15) is 0 Å². The van der Waals surface area contributed by atoms with Crippen molar-refractivity contribution in [3.05, 3.63) is 36.0 Å². The van der Waals surface area contributed by atoms with Crippen molar-refractivity contribution < 1.29 is 0 Å². The zero-order chi connectivity index (χ0) is 16.1. The standard InChI is InChI=1S/C20H30N2S/c1-3-5-15-20(4-2)16-22(17-11-7-6-8-12-17)18-13-9-10-14-19(18)23-21-20/h9-11,13-14,21H,3-8,12,15-16H2,1-2H3/t20-/m0/s1. The number of fused-ring (bicyclic) bond motifs is 1. The molecule has 3 rings (SSSR count). The first kappa shape index (κ1) is 16.9. The van der Waals surface area contributed by atoms with Gasteiger partial charge in [0.15, 0.2) is 0 Å². The second-order valence-electron chi connectivity index (χ2n) is 6.94. The summed E-state index contributed by atoms with van der Waals surface area (Å²) in [6.45, 7) is 5.73. The number of para-hydroxylation sites is 1. The molecule has 0 spiro atoms. The lowest BCUT2D eigenvalue weighted by Gasteiger charge is -2.38. The lowest BCUT2D eigenvalue weighted by atomic mass is 9.89. The number of benzene rings is 1. The van der Waals surface area contributed by atoms with Crippen molar-refractivity contribution in [1.29, 1.82) is 0 Å². The van der Waals surface area contributed by atoms with Crippen molar-refractivity contribution in [2.45, 2.75) is 75.6 Å². The fourth-order valence-corrected chi connectivity index (χ4v) is 4.75. The fourth-order valence-electron chi connectivity index (χ4n) is 3.68. The van der Waals surface area contributed by atoms with E-state index < -0.39 is 0 Å². The molecule has 0 radical (unpaired) electrons. The Labute approximate surface area is 145 Å². The molecule has 0 fully saturated rings. The molecule has 1 atom stereocenters. The molecular formula is C20H30N2S. The van der Waals surface area contributed by atoms with Crippen molar-refractivity contribution in [3.8, 4) is 0 Å². The first-order valence-corrected chi connectivity index (χ1v) is 10.1. The molecule has 0 saturated heterocycles. The molecule has 1 aliphatic carbocycles. The summed E-state index contributed by atoms with van der Waals surface area (Å²) < 4.78 is 3.85. The third-order valence-electron chi connectivity index (χ3n) is 5.29. The average Bonchev–Trinajstić information content (AvgIpc) is 2.79. The molecule has 0 aromatic heterocycles. The van der Waals surface area contributed by atoms with Crippen molar-refractivity contribution in [2.24, 2.45) is 0 Å². The van der Waals surface area contributed by atoms with E-state index >= 15 is 0 Å². The Hall–Kier alpha value is -0.930. The van der Waals surface area contributed by atoms with Crippen LogP contribution in [0, 0.1) is 0 Å². The van der Waals surface area contributed by atoms with E-state index in [0.29, 0.717) is 0 Å². The largest absolute Gasteiger partial charge is 0.343 e. The number of allylic oxidation sites excluding steroid dienone is 2. The summed E-state index contributed by atoms with van der Waals surface area (Å²) in [5, 5.41) is 0. The first-order chi connectivity index (χ1) is 11.3. The van der Waals surface area contributed by atoms with Gasteiger partial charge in [0, 0.05) is 22.7 Å². The summed E-state index contributed by atoms with van der Waals surface area (Å²) >= 11 is 1.84. The van der Waals surface area contributed by atoms with E-state index in [1.54, 1.807) is 5.70 Å². The third kappa shape index (κ3) is 3.77. The van der Waals surface area contributed by atoms with Gasteiger partial charge < -0.3 is 4.90 Å². The lowest BCUT2D eigenvalue weighted by Crippen LogP contribution is -2.49. The molecule has 0 unspecified atom stereocenters. The molecule has 1 aromatic carbocycles. The predicted molar refractivity (Wildman–Crippen MR) is 102 cm³/mol. The number of hydrogen-bond acceptors (Lipinski definition) is 3. The summed E-state index contributed by atoms with van der Waals surface area (Å²) in [6, 6.07) is 8.90. The molecular weight excluding hydrogens is 300 g/mol. The highest BCUT2D eigenvalue weighted by Gasteiger charge is 2.35. The van der Waals surface area contributed by atoms with Gasteiger partial charge in [0.2, 0.25) is 0 Å². The summed E-state index contributed by atoms with van der Waals surface area (Å²) in [5.41, 5.74) is 3.14. The highest BCUT2D eigenvalue weighted by atomic mass is 32.2. The van der Waals surface area contributed by atoms with Gasteiger partial charge in [-0.3, -0.25) is 4.72 Å². The summed E-state index contributed by atoms with van der Waals surface area (Å²) in [5.74, 6) is 0. The Balaban J connectivity index is 1.95. The molecule has 0 amide bonds. The number of rotatable bonds is 5. The van der Waals surface area contributed by atoms with Gasteiger partial charge in [-0.2, -0.15) is 0 Å². The van der Waals surface area contributed by atoms with Gasteiger partial charge in [-0.05, 0) is 62.6 Å². The Morgan fingerprint density at radius 3 is 2.83 bits per heavy atom. The molecule has 126 valence electrons. The quantitative estimate of drug-likeness (QED) is 0.677. The smallest absolute Gasteiger partial charge is 0.0560 e. The minimum absolute atomic E-state index is 0.206. The molecule has 1 heterocycles. The number of unbranched alkanes of at least 4 members (excludes halogenated alkanes) is 1. The van der Waals surface area contributed by atoms with Crippen LogP contribution in [0.4, 0.5) is 5.69 Å². The number of hydrogen-bond donors (Lipinski definition) is 1. The van der Waals surface area contributed by atoms with Crippen LogP contribution in [0.2, 0.25) is 0 Å². The van der Waals surface area contributed by atoms with Crippen molar-refractivity contribution in [3.63, 3.8) is 0 Å². The van der Waals surface area contributed by atoms with Crippen molar-refractivity contribution >= 4 is 17.6 Å². The Morgan fingerprint density at radius 2 is 2.09 bits per heavy atom. The maximum absolute atomic E-state index is 3.85. The Kier molecular flexibility index (Phi) is 5.71. The zero-order valence-corrected chi connectivity index (χ0v) is 15.4.